The van der Waals surface area contributed by atoms with Crippen molar-refractivity contribution in [3.63, 3.8) is 0 Å². The van der Waals surface area contributed by atoms with Gasteiger partial charge in [0.1, 0.15) is 0 Å². The number of carbonyl (C=O) groups is 1. The molecule has 24 heavy (non-hydrogen) atoms. The molecule has 1 aromatic rings. The van der Waals surface area contributed by atoms with Crippen molar-refractivity contribution in [2.24, 2.45) is 0 Å². The minimum atomic E-state index is -3.17. The summed E-state index contributed by atoms with van der Waals surface area (Å²) in [5.74, 6) is 0.234. The standard InChI is InChI=1S/C18H26N2O3S/c1-2-3-13-24(22,23)20-11-9-19(10-12-20)18(21)17-8-7-15-5-4-6-16(15)14-17/h7-8,14H,2-6,9-13H2,1H3. The molecule has 1 aliphatic carbocycles. The number of piperazine rings is 1. The highest BCUT2D eigenvalue weighted by Gasteiger charge is 2.29. The number of benzene rings is 1. The van der Waals surface area contributed by atoms with Crippen molar-refractivity contribution in [3.05, 3.63) is 34.9 Å². The molecule has 1 saturated heterocycles. The Balaban J connectivity index is 1.61. The summed E-state index contributed by atoms with van der Waals surface area (Å²) in [7, 11) is -3.17. The Morgan fingerprint density at radius 1 is 1.08 bits per heavy atom. The van der Waals surface area contributed by atoms with Crippen molar-refractivity contribution in [1.82, 2.24) is 9.21 Å². The highest BCUT2D eigenvalue weighted by Crippen LogP contribution is 2.23. The molecule has 132 valence electrons. The normalized spacial score (nSPS) is 18.6. The average molecular weight is 350 g/mol. The van der Waals surface area contributed by atoms with E-state index >= 15 is 0 Å². The van der Waals surface area contributed by atoms with Crippen LogP contribution < -0.4 is 0 Å². The van der Waals surface area contributed by atoms with Crippen LogP contribution in [0.3, 0.4) is 0 Å². The van der Waals surface area contributed by atoms with Crippen molar-refractivity contribution in [3.8, 4) is 0 Å². The van der Waals surface area contributed by atoms with Crippen molar-refractivity contribution in [2.75, 3.05) is 31.9 Å². The Kier molecular flexibility index (Phi) is 5.25. The van der Waals surface area contributed by atoms with Gasteiger partial charge in [0.05, 0.1) is 5.75 Å². The molecule has 0 atom stereocenters. The van der Waals surface area contributed by atoms with E-state index in [1.807, 2.05) is 19.1 Å². The lowest BCUT2D eigenvalue weighted by Crippen LogP contribution is -2.51. The zero-order valence-corrected chi connectivity index (χ0v) is 15.1. The molecule has 1 amide bonds. The number of aryl methyl sites for hydroxylation is 2. The van der Waals surface area contributed by atoms with E-state index in [2.05, 4.69) is 6.07 Å². The molecule has 0 bridgehead atoms. The third-order valence-electron chi connectivity index (χ3n) is 5.02. The molecular weight excluding hydrogens is 324 g/mol. The Morgan fingerprint density at radius 2 is 1.79 bits per heavy atom. The Bertz CT molecular complexity index is 707. The van der Waals surface area contributed by atoms with E-state index in [1.54, 1.807) is 4.90 Å². The Labute approximate surface area is 144 Å². The summed E-state index contributed by atoms with van der Waals surface area (Å²) in [6.45, 7) is 3.75. The van der Waals surface area contributed by atoms with Crippen molar-refractivity contribution < 1.29 is 13.2 Å². The lowest BCUT2D eigenvalue weighted by Gasteiger charge is -2.34. The fourth-order valence-corrected chi connectivity index (χ4v) is 5.14. The molecular formula is C18H26N2O3S. The van der Waals surface area contributed by atoms with Crippen LogP contribution >= 0.6 is 0 Å². The highest BCUT2D eigenvalue weighted by atomic mass is 32.2. The zero-order chi connectivity index (χ0) is 17.2. The second-order valence-corrected chi connectivity index (χ2v) is 8.79. The molecule has 0 unspecified atom stereocenters. The monoisotopic (exact) mass is 350 g/mol. The second-order valence-electron chi connectivity index (χ2n) is 6.70. The summed E-state index contributed by atoms with van der Waals surface area (Å²) < 4.78 is 26.0. The number of rotatable bonds is 5. The third-order valence-corrected chi connectivity index (χ3v) is 6.98. The maximum atomic E-state index is 12.7. The molecule has 1 fully saturated rings. The van der Waals surface area contributed by atoms with Gasteiger partial charge in [-0.1, -0.05) is 19.4 Å². The fourth-order valence-electron chi connectivity index (χ4n) is 3.51. The van der Waals surface area contributed by atoms with E-state index in [-0.39, 0.29) is 11.7 Å². The minimum Gasteiger partial charge on any atom is -0.336 e. The first kappa shape index (κ1) is 17.4. The number of hydrogen-bond donors (Lipinski definition) is 0. The van der Waals surface area contributed by atoms with Crippen LogP contribution in [0, 0.1) is 0 Å². The summed E-state index contributed by atoms with van der Waals surface area (Å²) in [5, 5.41) is 0. The van der Waals surface area contributed by atoms with Gasteiger partial charge in [0, 0.05) is 31.7 Å². The molecule has 1 heterocycles. The number of hydrogen-bond acceptors (Lipinski definition) is 3. The largest absolute Gasteiger partial charge is 0.336 e. The van der Waals surface area contributed by atoms with E-state index in [9.17, 15) is 13.2 Å². The molecule has 0 saturated carbocycles. The molecule has 1 aliphatic heterocycles. The van der Waals surface area contributed by atoms with Gasteiger partial charge in [-0.3, -0.25) is 4.79 Å². The fraction of sp³-hybridized carbons (Fsp3) is 0.611. The molecule has 0 spiro atoms. The molecule has 2 aliphatic rings. The molecule has 6 heteroatoms. The lowest BCUT2D eigenvalue weighted by molar-refractivity contribution is 0.0698. The number of unbranched alkanes of at least 4 members (excludes halogenated alkanes) is 1. The molecule has 0 N–H and O–H groups in total. The van der Waals surface area contributed by atoms with Crippen LogP contribution in [-0.2, 0) is 22.9 Å². The quantitative estimate of drug-likeness (QED) is 0.817. The summed E-state index contributed by atoms with van der Waals surface area (Å²) in [6.07, 6.45) is 4.89. The number of sulfonamides is 1. The maximum Gasteiger partial charge on any atom is 0.253 e. The smallest absolute Gasteiger partial charge is 0.253 e. The van der Waals surface area contributed by atoms with Crippen molar-refractivity contribution in [1.29, 1.82) is 0 Å². The van der Waals surface area contributed by atoms with Crippen molar-refractivity contribution in [2.45, 2.75) is 39.0 Å². The second kappa shape index (κ2) is 7.23. The first-order valence-corrected chi connectivity index (χ1v) is 10.5. The van der Waals surface area contributed by atoms with Gasteiger partial charge < -0.3 is 4.90 Å². The van der Waals surface area contributed by atoms with Crippen LogP contribution in [0.2, 0.25) is 0 Å². The van der Waals surface area contributed by atoms with Gasteiger partial charge in [0.2, 0.25) is 10.0 Å². The predicted molar refractivity (Wildman–Crippen MR) is 94.6 cm³/mol. The summed E-state index contributed by atoms with van der Waals surface area (Å²) >= 11 is 0. The molecule has 3 rings (SSSR count). The summed E-state index contributed by atoms with van der Waals surface area (Å²) in [6, 6.07) is 6.01. The van der Waals surface area contributed by atoms with Crippen molar-refractivity contribution >= 4 is 15.9 Å². The van der Waals surface area contributed by atoms with Gasteiger partial charge in [-0.25, -0.2) is 8.42 Å². The van der Waals surface area contributed by atoms with Gasteiger partial charge in [0.25, 0.3) is 5.91 Å². The molecule has 1 aromatic carbocycles. The highest BCUT2D eigenvalue weighted by molar-refractivity contribution is 7.89. The van der Waals surface area contributed by atoms with E-state index in [1.165, 1.54) is 21.9 Å². The summed E-state index contributed by atoms with van der Waals surface area (Å²) in [5.41, 5.74) is 3.39. The summed E-state index contributed by atoms with van der Waals surface area (Å²) in [4.78, 5) is 14.5. The molecule has 5 nitrogen and oxygen atoms in total. The average Bonchev–Trinajstić information content (AvgIpc) is 3.07. The zero-order valence-electron chi connectivity index (χ0n) is 14.3. The number of carbonyl (C=O) groups excluding carboxylic acids is 1. The first-order valence-electron chi connectivity index (χ1n) is 8.90. The first-order chi connectivity index (χ1) is 11.5. The van der Waals surface area contributed by atoms with Crippen LogP contribution in [0.25, 0.3) is 0 Å². The van der Waals surface area contributed by atoms with Gasteiger partial charge in [0.15, 0.2) is 0 Å². The van der Waals surface area contributed by atoms with E-state index in [4.69, 9.17) is 0 Å². The number of fused-ring (bicyclic) bond motifs is 1. The van der Waals surface area contributed by atoms with Gasteiger partial charge >= 0.3 is 0 Å². The number of nitrogens with zero attached hydrogens (tertiary/aromatic N) is 2. The lowest BCUT2D eigenvalue weighted by atomic mass is 10.1. The third kappa shape index (κ3) is 3.64. The van der Waals surface area contributed by atoms with Gasteiger partial charge in [-0.05, 0) is 48.9 Å². The van der Waals surface area contributed by atoms with Crippen LogP contribution in [0.1, 0.15) is 47.7 Å². The topological polar surface area (TPSA) is 57.7 Å². The predicted octanol–water partition coefficient (Wildman–Crippen LogP) is 2.06. The van der Waals surface area contributed by atoms with Crippen LogP contribution in [0.4, 0.5) is 0 Å². The maximum absolute atomic E-state index is 12.7. The van der Waals surface area contributed by atoms with Crippen LogP contribution in [-0.4, -0.2) is 55.5 Å². The van der Waals surface area contributed by atoms with E-state index < -0.39 is 10.0 Å². The molecule has 0 aromatic heterocycles. The minimum absolute atomic E-state index is 0.0234. The Hall–Kier alpha value is -1.40. The van der Waals surface area contributed by atoms with Crippen LogP contribution in [0.5, 0.6) is 0 Å². The molecule has 0 radical (unpaired) electrons. The van der Waals surface area contributed by atoms with Gasteiger partial charge in [-0.15, -0.1) is 0 Å². The van der Waals surface area contributed by atoms with E-state index in [0.717, 1.165) is 24.8 Å². The SMILES string of the molecule is CCCCS(=O)(=O)N1CCN(C(=O)c2ccc3c(c2)CCC3)CC1. The van der Waals surface area contributed by atoms with E-state index in [0.29, 0.717) is 32.6 Å². The van der Waals surface area contributed by atoms with Crippen LogP contribution in [0.15, 0.2) is 18.2 Å². The number of amides is 1. The van der Waals surface area contributed by atoms with Gasteiger partial charge in [-0.2, -0.15) is 4.31 Å². The Morgan fingerprint density at radius 3 is 2.50 bits per heavy atom.